The van der Waals surface area contributed by atoms with Crippen molar-refractivity contribution in [2.24, 2.45) is 5.41 Å². The minimum atomic E-state index is -0.826. The predicted molar refractivity (Wildman–Crippen MR) is 86.6 cm³/mol. The zero-order valence-electron chi connectivity index (χ0n) is 14.2. The largest absolute Gasteiger partial charge is 0.461 e. The van der Waals surface area contributed by atoms with Gasteiger partial charge in [-0.25, -0.2) is 0 Å². The summed E-state index contributed by atoms with van der Waals surface area (Å²) in [5, 5.41) is 0.0454. The topological polar surface area (TPSA) is 72.9 Å². The molecule has 1 amide bonds. The van der Waals surface area contributed by atoms with Gasteiger partial charge in [0.25, 0.3) is 0 Å². The Kier molecular flexibility index (Phi) is 5.20. The van der Waals surface area contributed by atoms with E-state index in [4.69, 9.17) is 9.47 Å². The quantitative estimate of drug-likeness (QED) is 0.560. The van der Waals surface area contributed by atoms with Crippen LogP contribution in [-0.2, 0) is 23.9 Å². The van der Waals surface area contributed by atoms with Crippen molar-refractivity contribution in [1.29, 1.82) is 0 Å². The average molecular weight is 341 g/mol. The maximum atomic E-state index is 12.8. The number of ketones is 1. The first-order chi connectivity index (χ1) is 10.7. The van der Waals surface area contributed by atoms with Crippen LogP contribution in [0.15, 0.2) is 11.3 Å². The number of amides is 1. The van der Waals surface area contributed by atoms with Crippen molar-refractivity contribution >= 4 is 29.4 Å². The normalized spacial score (nSPS) is 22.4. The third-order valence-electron chi connectivity index (χ3n) is 3.89. The Labute approximate surface area is 140 Å². The van der Waals surface area contributed by atoms with Crippen LogP contribution in [0.3, 0.4) is 0 Å². The van der Waals surface area contributed by atoms with Crippen molar-refractivity contribution < 1.29 is 23.9 Å². The van der Waals surface area contributed by atoms with Gasteiger partial charge in [-0.05, 0) is 5.57 Å². The van der Waals surface area contributed by atoms with Crippen LogP contribution in [0.1, 0.15) is 34.1 Å². The number of hydrogen-bond donors (Lipinski definition) is 0. The van der Waals surface area contributed by atoms with E-state index in [9.17, 15) is 14.4 Å². The van der Waals surface area contributed by atoms with Gasteiger partial charge < -0.3 is 9.47 Å². The summed E-state index contributed by atoms with van der Waals surface area (Å²) in [4.78, 5) is 37.6. The van der Waals surface area contributed by atoms with Gasteiger partial charge in [0.1, 0.15) is 6.61 Å². The van der Waals surface area contributed by atoms with Gasteiger partial charge in [0.05, 0.1) is 17.5 Å². The molecule has 0 radical (unpaired) electrons. The van der Waals surface area contributed by atoms with E-state index in [0.29, 0.717) is 17.9 Å². The molecule has 0 aliphatic carbocycles. The Balaban J connectivity index is 2.40. The van der Waals surface area contributed by atoms with Crippen LogP contribution in [0, 0.1) is 5.41 Å². The molecule has 0 aromatic heterocycles. The number of rotatable bonds is 5. The summed E-state index contributed by atoms with van der Waals surface area (Å²) in [6.07, 6.45) is -0.358. The number of ether oxygens (including phenoxy) is 2. The number of Topliss-reactive ketones (excluding diaryl/α,β-unsaturated/α-hetero) is 1. The van der Waals surface area contributed by atoms with Crippen LogP contribution in [0.25, 0.3) is 0 Å². The second-order valence-electron chi connectivity index (χ2n) is 6.73. The highest BCUT2D eigenvalue weighted by molar-refractivity contribution is 8.00. The van der Waals surface area contributed by atoms with Gasteiger partial charge in [0.15, 0.2) is 11.9 Å². The zero-order chi connectivity index (χ0) is 17.4. The molecule has 7 heteroatoms. The van der Waals surface area contributed by atoms with Gasteiger partial charge in [0.2, 0.25) is 5.91 Å². The lowest BCUT2D eigenvalue weighted by Crippen LogP contribution is -2.57. The Morgan fingerprint density at radius 2 is 2.04 bits per heavy atom. The first-order valence-electron chi connectivity index (χ1n) is 7.53. The SMILES string of the molecule is COC(C(=O)C(C)(C)C)C1=C(COC(C)=O)CS[C@H]2CC(=O)N12. The molecule has 2 heterocycles. The van der Waals surface area contributed by atoms with Crippen LogP contribution in [0.5, 0.6) is 0 Å². The van der Waals surface area contributed by atoms with Crippen LogP contribution in [-0.4, -0.2) is 53.5 Å². The van der Waals surface area contributed by atoms with Gasteiger partial charge in [0, 0.05) is 25.2 Å². The van der Waals surface area contributed by atoms with E-state index in [1.54, 1.807) is 16.7 Å². The van der Waals surface area contributed by atoms with Gasteiger partial charge in [-0.3, -0.25) is 19.3 Å². The fourth-order valence-corrected chi connectivity index (χ4v) is 3.87. The summed E-state index contributed by atoms with van der Waals surface area (Å²) in [5.41, 5.74) is 0.724. The second-order valence-corrected chi connectivity index (χ2v) is 7.90. The molecule has 0 N–H and O–H groups in total. The van der Waals surface area contributed by atoms with Crippen molar-refractivity contribution in [3.8, 4) is 0 Å². The van der Waals surface area contributed by atoms with E-state index < -0.39 is 17.5 Å². The molecule has 0 saturated carbocycles. The lowest BCUT2D eigenvalue weighted by Gasteiger charge is -2.47. The predicted octanol–water partition coefficient (Wildman–Crippen LogP) is 1.74. The third-order valence-corrected chi connectivity index (χ3v) is 5.17. The van der Waals surface area contributed by atoms with Crippen LogP contribution < -0.4 is 0 Å². The standard InChI is InChI=1S/C16H23NO5S/c1-9(18)22-7-10-8-23-12-6-11(19)17(12)13(10)14(21-5)15(20)16(2,3)4/h12,14H,6-8H2,1-5H3/t12-,14?/m0/s1. The first-order valence-corrected chi connectivity index (χ1v) is 8.57. The lowest BCUT2D eigenvalue weighted by atomic mass is 9.85. The second kappa shape index (κ2) is 6.65. The van der Waals surface area contributed by atoms with Crippen molar-refractivity contribution in [3.05, 3.63) is 11.3 Å². The Hall–Kier alpha value is -1.34. The molecule has 1 saturated heterocycles. The Morgan fingerprint density at radius 1 is 1.39 bits per heavy atom. The van der Waals surface area contributed by atoms with E-state index >= 15 is 0 Å². The molecule has 0 spiro atoms. The molecular weight excluding hydrogens is 318 g/mol. The number of hydrogen-bond acceptors (Lipinski definition) is 6. The highest BCUT2D eigenvalue weighted by Gasteiger charge is 2.48. The van der Waals surface area contributed by atoms with Gasteiger partial charge in [-0.15, -0.1) is 11.8 Å². The summed E-state index contributed by atoms with van der Waals surface area (Å²) < 4.78 is 10.6. The first kappa shape index (κ1) is 18.0. The Morgan fingerprint density at radius 3 is 2.52 bits per heavy atom. The summed E-state index contributed by atoms with van der Waals surface area (Å²) >= 11 is 1.62. The Bertz CT molecular complexity index is 563. The molecule has 128 valence electrons. The molecule has 1 unspecified atom stereocenters. The fraction of sp³-hybridized carbons (Fsp3) is 0.688. The zero-order valence-corrected chi connectivity index (χ0v) is 15.0. The lowest BCUT2D eigenvalue weighted by molar-refractivity contribution is -0.143. The summed E-state index contributed by atoms with van der Waals surface area (Å²) in [6, 6.07) is 0. The van der Waals surface area contributed by atoms with E-state index in [1.807, 2.05) is 20.8 Å². The fourth-order valence-electron chi connectivity index (χ4n) is 2.60. The monoisotopic (exact) mass is 341 g/mol. The van der Waals surface area contributed by atoms with Crippen LogP contribution in [0.2, 0.25) is 0 Å². The van der Waals surface area contributed by atoms with Crippen LogP contribution in [0.4, 0.5) is 0 Å². The molecule has 0 aromatic rings. The van der Waals surface area contributed by atoms with Crippen molar-refractivity contribution in [1.82, 2.24) is 4.90 Å². The maximum Gasteiger partial charge on any atom is 0.302 e. The summed E-state index contributed by atoms with van der Waals surface area (Å²) in [6.45, 7) is 6.87. The molecule has 0 bridgehead atoms. The summed E-state index contributed by atoms with van der Waals surface area (Å²) in [7, 11) is 1.46. The maximum absolute atomic E-state index is 12.8. The van der Waals surface area contributed by atoms with E-state index in [-0.39, 0.29) is 23.7 Å². The van der Waals surface area contributed by atoms with Gasteiger partial charge in [-0.2, -0.15) is 0 Å². The highest BCUT2D eigenvalue weighted by atomic mass is 32.2. The van der Waals surface area contributed by atoms with Crippen molar-refractivity contribution in [2.75, 3.05) is 19.5 Å². The molecule has 2 atom stereocenters. The van der Waals surface area contributed by atoms with Gasteiger partial charge in [-0.1, -0.05) is 20.8 Å². The molecule has 0 aromatic carbocycles. The number of esters is 1. The highest BCUT2D eigenvalue weighted by Crippen LogP contribution is 2.42. The van der Waals surface area contributed by atoms with E-state index in [1.165, 1.54) is 14.0 Å². The number of carbonyl (C=O) groups excluding carboxylic acids is 3. The number of thioether (sulfide) groups is 1. The van der Waals surface area contributed by atoms with Gasteiger partial charge >= 0.3 is 5.97 Å². The molecule has 23 heavy (non-hydrogen) atoms. The minimum Gasteiger partial charge on any atom is -0.461 e. The van der Waals surface area contributed by atoms with E-state index in [0.717, 1.165) is 5.57 Å². The third kappa shape index (κ3) is 3.61. The average Bonchev–Trinajstić information content (AvgIpc) is 2.44. The molecule has 1 fully saturated rings. The minimum absolute atomic E-state index is 0.0266. The van der Waals surface area contributed by atoms with Crippen molar-refractivity contribution in [3.63, 3.8) is 0 Å². The molecular formula is C16H23NO5S. The number of methoxy groups -OCH3 is 1. The van der Waals surface area contributed by atoms with E-state index in [2.05, 4.69) is 0 Å². The smallest absolute Gasteiger partial charge is 0.302 e. The number of nitrogens with zero attached hydrogens (tertiary/aromatic N) is 1. The number of β-lactam (4-membered cyclic amide) rings is 1. The van der Waals surface area contributed by atoms with Crippen LogP contribution >= 0.6 is 11.8 Å². The number of fused-ring (bicyclic) bond motifs is 1. The number of carbonyl (C=O) groups is 3. The molecule has 2 rings (SSSR count). The molecule has 2 aliphatic heterocycles. The summed E-state index contributed by atoms with van der Waals surface area (Å²) in [5.74, 6) is 0.103. The molecule has 2 aliphatic rings. The van der Waals surface area contributed by atoms with Crippen molar-refractivity contribution in [2.45, 2.75) is 45.6 Å². The molecule has 6 nitrogen and oxygen atoms in total.